The van der Waals surface area contributed by atoms with E-state index in [1.54, 1.807) is 0 Å². The van der Waals surface area contributed by atoms with Crippen molar-refractivity contribution in [1.29, 1.82) is 0 Å². The summed E-state index contributed by atoms with van der Waals surface area (Å²) in [4.78, 5) is 13.7. The molecule has 2 heterocycles. The Morgan fingerprint density at radius 1 is 1.50 bits per heavy atom. The fourth-order valence-electron chi connectivity index (χ4n) is 2.39. The van der Waals surface area contributed by atoms with E-state index in [0.717, 1.165) is 45.7 Å². The minimum Gasteiger partial charge on any atom is -0.390 e. The molecule has 2 saturated heterocycles. The number of morpholine rings is 1. The van der Waals surface area contributed by atoms with Gasteiger partial charge in [0.1, 0.15) is 0 Å². The number of rotatable bonds is 5. The number of ether oxygens (including phenoxy) is 1. The van der Waals surface area contributed by atoms with E-state index in [1.165, 1.54) is 0 Å². The van der Waals surface area contributed by atoms with Crippen LogP contribution in [-0.4, -0.2) is 74.0 Å². The zero-order valence-electron chi connectivity index (χ0n) is 10.7. The van der Waals surface area contributed by atoms with E-state index >= 15 is 0 Å². The number of hydrogen-bond acceptors (Lipinski definition) is 5. The molecular weight excluding hydrogens is 234 g/mol. The number of carbonyl (C=O) groups excluding carboxylic acids is 1. The van der Waals surface area contributed by atoms with Crippen LogP contribution < -0.4 is 10.6 Å². The Labute approximate surface area is 108 Å². The second-order valence-electron chi connectivity index (χ2n) is 4.96. The van der Waals surface area contributed by atoms with E-state index in [1.807, 2.05) is 0 Å². The first kappa shape index (κ1) is 13.7. The zero-order valence-corrected chi connectivity index (χ0v) is 10.7. The van der Waals surface area contributed by atoms with Crippen LogP contribution in [0.2, 0.25) is 0 Å². The van der Waals surface area contributed by atoms with Crippen LogP contribution in [0.4, 0.5) is 0 Å². The lowest BCUT2D eigenvalue weighted by atomic mass is 10.1. The van der Waals surface area contributed by atoms with Crippen molar-refractivity contribution in [3.8, 4) is 0 Å². The largest absolute Gasteiger partial charge is 0.390 e. The molecule has 6 heteroatoms. The highest BCUT2D eigenvalue weighted by Gasteiger charge is 2.22. The predicted molar refractivity (Wildman–Crippen MR) is 67.3 cm³/mol. The molecule has 0 bridgehead atoms. The highest BCUT2D eigenvalue weighted by Crippen LogP contribution is 2.03. The van der Waals surface area contributed by atoms with Crippen molar-refractivity contribution in [3.05, 3.63) is 0 Å². The third kappa shape index (κ3) is 4.20. The van der Waals surface area contributed by atoms with Gasteiger partial charge in [-0.05, 0) is 12.8 Å². The van der Waals surface area contributed by atoms with E-state index in [-0.39, 0.29) is 11.9 Å². The Hall–Kier alpha value is -0.690. The van der Waals surface area contributed by atoms with Gasteiger partial charge in [-0.1, -0.05) is 0 Å². The molecule has 2 fully saturated rings. The van der Waals surface area contributed by atoms with Crippen molar-refractivity contribution < 1.29 is 14.6 Å². The Morgan fingerprint density at radius 2 is 2.28 bits per heavy atom. The summed E-state index contributed by atoms with van der Waals surface area (Å²) in [6.45, 7) is 5.12. The van der Waals surface area contributed by atoms with Crippen LogP contribution in [-0.2, 0) is 9.53 Å². The summed E-state index contributed by atoms with van der Waals surface area (Å²) in [7, 11) is 0. The van der Waals surface area contributed by atoms with Crippen molar-refractivity contribution in [2.75, 3.05) is 45.9 Å². The number of nitrogens with zero attached hydrogens (tertiary/aromatic N) is 1. The molecule has 1 amide bonds. The first-order valence-electron chi connectivity index (χ1n) is 6.75. The van der Waals surface area contributed by atoms with E-state index in [2.05, 4.69) is 15.5 Å². The maximum Gasteiger partial charge on any atom is 0.237 e. The van der Waals surface area contributed by atoms with Crippen molar-refractivity contribution in [3.63, 3.8) is 0 Å². The van der Waals surface area contributed by atoms with Crippen LogP contribution in [0.3, 0.4) is 0 Å². The van der Waals surface area contributed by atoms with E-state index in [0.29, 0.717) is 13.1 Å². The third-order valence-electron chi connectivity index (χ3n) is 3.46. The molecule has 3 N–H and O–H groups in total. The second-order valence-corrected chi connectivity index (χ2v) is 4.96. The Morgan fingerprint density at radius 3 is 3.00 bits per heavy atom. The smallest absolute Gasteiger partial charge is 0.237 e. The minimum atomic E-state index is -0.433. The van der Waals surface area contributed by atoms with E-state index in [4.69, 9.17) is 4.74 Å². The highest BCUT2D eigenvalue weighted by atomic mass is 16.5. The van der Waals surface area contributed by atoms with Crippen LogP contribution in [0.1, 0.15) is 12.8 Å². The van der Waals surface area contributed by atoms with Crippen LogP contribution >= 0.6 is 0 Å². The molecule has 0 aliphatic carbocycles. The monoisotopic (exact) mass is 257 g/mol. The SMILES string of the molecule is O=C1NCCCC1NCC(O)CN1CCOCC1. The normalized spacial score (nSPS) is 27.8. The average molecular weight is 257 g/mol. The molecule has 0 spiro atoms. The summed E-state index contributed by atoms with van der Waals surface area (Å²) < 4.78 is 5.26. The quantitative estimate of drug-likeness (QED) is 0.562. The highest BCUT2D eigenvalue weighted by molar-refractivity contribution is 5.82. The van der Waals surface area contributed by atoms with Gasteiger partial charge in [0.15, 0.2) is 0 Å². The molecule has 2 aliphatic heterocycles. The van der Waals surface area contributed by atoms with Gasteiger partial charge in [0.25, 0.3) is 0 Å². The lowest BCUT2D eigenvalue weighted by molar-refractivity contribution is -0.124. The van der Waals surface area contributed by atoms with E-state index in [9.17, 15) is 9.90 Å². The topological polar surface area (TPSA) is 73.8 Å². The van der Waals surface area contributed by atoms with Gasteiger partial charge >= 0.3 is 0 Å². The van der Waals surface area contributed by atoms with Gasteiger partial charge in [-0.2, -0.15) is 0 Å². The molecule has 0 aromatic rings. The molecule has 2 atom stereocenters. The molecule has 2 unspecified atom stereocenters. The maximum atomic E-state index is 11.5. The summed E-state index contributed by atoms with van der Waals surface area (Å²) in [5, 5.41) is 15.9. The lowest BCUT2D eigenvalue weighted by Gasteiger charge is -2.29. The van der Waals surface area contributed by atoms with Crippen molar-refractivity contribution >= 4 is 5.91 Å². The Balaban J connectivity index is 1.64. The molecule has 104 valence electrons. The van der Waals surface area contributed by atoms with Crippen LogP contribution in [0.15, 0.2) is 0 Å². The number of β-amino-alcohol motifs (C(OH)–C–C–N with tert-alkyl or cyclic N) is 1. The average Bonchev–Trinajstić information content (AvgIpc) is 2.39. The number of nitrogens with one attached hydrogen (secondary N) is 2. The molecule has 2 rings (SSSR count). The molecular formula is C12H23N3O3. The Bertz CT molecular complexity index is 269. The van der Waals surface area contributed by atoms with Crippen molar-refractivity contribution in [2.24, 2.45) is 0 Å². The van der Waals surface area contributed by atoms with Gasteiger partial charge in [0.2, 0.25) is 5.91 Å². The first-order chi connectivity index (χ1) is 8.75. The number of amides is 1. The van der Waals surface area contributed by atoms with Crippen LogP contribution in [0.5, 0.6) is 0 Å². The molecule has 2 aliphatic rings. The van der Waals surface area contributed by atoms with E-state index < -0.39 is 6.10 Å². The predicted octanol–water partition coefficient (Wildman–Crippen LogP) is -1.45. The molecule has 18 heavy (non-hydrogen) atoms. The van der Waals surface area contributed by atoms with Gasteiger partial charge in [0.05, 0.1) is 25.4 Å². The first-order valence-corrected chi connectivity index (χ1v) is 6.75. The molecule has 6 nitrogen and oxygen atoms in total. The second kappa shape index (κ2) is 7.04. The zero-order chi connectivity index (χ0) is 12.8. The van der Waals surface area contributed by atoms with Gasteiger partial charge in [-0.15, -0.1) is 0 Å². The number of hydrogen-bond donors (Lipinski definition) is 3. The van der Waals surface area contributed by atoms with Crippen molar-refractivity contribution in [2.45, 2.75) is 25.0 Å². The number of piperidine rings is 1. The standard InChI is InChI=1S/C12H23N3O3/c16-10(9-15-4-6-18-7-5-15)8-14-11-2-1-3-13-12(11)17/h10-11,14,16H,1-9H2,(H,13,17). The third-order valence-corrected chi connectivity index (χ3v) is 3.46. The number of aliphatic hydroxyl groups excluding tert-OH is 1. The fourth-order valence-corrected chi connectivity index (χ4v) is 2.39. The Kier molecular flexibility index (Phi) is 5.37. The molecule has 0 aromatic heterocycles. The summed E-state index contributed by atoms with van der Waals surface area (Å²) in [6, 6.07) is -0.141. The molecule has 0 radical (unpaired) electrons. The van der Waals surface area contributed by atoms with Crippen molar-refractivity contribution in [1.82, 2.24) is 15.5 Å². The number of carbonyl (C=O) groups is 1. The summed E-state index contributed by atoms with van der Waals surface area (Å²) in [5.41, 5.74) is 0. The fraction of sp³-hybridized carbons (Fsp3) is 0.917. The van der Waals surface area contributed by atoms with Gasteiger partial charge < -0.3 is 20.5 Å². The minimum absolute atomic E-state index is 0.0554. The number of aliphatic hydroxyl groups is 1. The summed E-state index contributed by atoms with van der Waals surface area (Å²) in [6.07, 6.45) is 1.43. The molecule has 0 aromatic carbocycles. The van der Waals surface area contributed by atoms with Gasteiger partial charge in [0, 0.05) is 32.7 Å². The molecule has 0 saturated carbocycles. The van der Waals surface area contributed by atoms with Crippen LogP contribution in [0.25, 0.3) is 0 Å². The summed E-state index contributed by atoms with van der Waals surface area (Å²) >= 11 is 0. The lowest BCUT2D eigenvalue weighted by Crippen LogP contribution is -2.51. The van der Waals surface area contributed by atoms with Gasteiger partial charge in [-0.25, -0.2) is 0 Å². The summed E-state index contributed by atoms with van der Waals surface area (Å²) in [5.74, 6) is 0.0554. The maximum absolute atomic E-state index is 11.5. The van der Waals surface area contributed by atoms with Crippen LogP contribution in [0, 0.1) is 0 Å². The van der Waals surface area contributed by atoms with Gasteiger partial charge in [-0.3, -0.25) is 9.69 Å².